The van der Waals surface area contributed by atoms with Crippen LogP contribution in [0, 0.1) is 0 Å². The van der Waals surface area contributed by atoms with Crippen LogP contribution in [0.15, 0.2) is 18.2 Å². The molecule has 1 aromatic carbocycles. The van der Waals surface area contributed by atoms with E-state index in [1.165, 1.54) is 6.07 Å². The molecule has 1 aliphatic heterocycles. The maximum Gasteiger partial charge on any atom is 0.408 e. The number of amides is 1. The summed E-state index contributed by atoms with van der Waals surface area (Å²) in [5.41, 5.74) is 0.355. The van der Waals surface area contributed by atoms with Gasteiger partial charge in [0.05, 0.1) is 11.6 Å². The highest BCUT2D eigenvalue weighted by Gasteiger charge is 2.36. The lowest BCUT2D eigenvalue weighted by molar-refractivity contribution is 0.0487. The highest BCUT2D eigenvalue weighted by atomic mass is 16.6. The Morgan fingerprint density at radius 1 is 1.29 bits per heavy atom. The molecule has 28 heavy (non-hydrogen) atoms. The Kier molecular flexibility index (Phi) is 6.82. The van der Waals surface area contributed by atoms with Crippen molar-refractivity contribution in [3.8, 4) is 0 Å². The minimum Gasteiger partial charge on any atom is -0.478 e. The molecule has 0 spiro atoms. The number of hydrogen-bond donors (Lipinski definition) is 3. The van der Waals surface area contributed by atoms with Crippen LogP contribution in [0.2, 0.25) is 0 Å². The highest BCUT2D eigenvalue weighted by Crippen LogP contribution is 2.32. The van der Waals surface area contributed by atoms with Crippen molar-refractivity contribution >= 4 is 17.8 Å². The first kappa shape index (κ1) is 21.9. The lowest BCUT2D eigenvalue weighted by atomic mass is 9.79. The van der Waals surface area contributed by atoms with E-state index < -0.39 is 23.7 Å². The predicted molar refractivity (Wildman–Crippen MR) is 106 cm³/mol. The summed E-state index contributed by atoms with van der Waals surface area (Å²) in [6.45, 7) is 9.75. The van der Waals surface area contributed by atoms with E-state index in [0.717, 1.165) is 0 Å². The van der Waals surface area contributed by atoms with Crippen LogP contribution in [0.5, 0.6) is 0 Å². The van der Waals surface area contributed by atoms with Crippen LogP contribution >= 0.6 is 0 Å². The van der Waals surface area contributed by atoms with Gasteiger partial charge < -0.3 is 20.5 Å². The SMILES string of the molecule is CCC[C@H](NC(=O)OC(C)(C)C)C(=O)c1cccc(C(=O)O)c1[C@@H]1CN[C@H]1C. The molecule has 1 saturated heterocycles. The largest absolute Gasteiger partial charge is 0.478 e. The van der Waals surface area contributed by atoms with Gasteiger partial charge in [-0.25, -0.2) is 9.59 Å². The third-order valence-corrected chi connectivity index (χ3v) is 4.82. The summed E-state index contributed by atoms with van der Waals surface area (Å²) in [4.78, 5) is 37.3. The summed E-state index contributed by atoms with van der Waals surface area (Å²) in [6, 6.07) is 4.05. The summed E-state index contributed by atoms with van der Waals surface area (Å²) in [5, 5.41) is 15.5. The van der Waals surface area contributed by atoms with E-state index in [-0.39, 0.29) is 23.3 Å². The van der Waals surface area contributed by atoms with Gasteiger partial charge in [-0.05, 0) is 45.7 Å². The van der Waals surface area contributed by atoms with Gasteiger partial charge in [0.25, 0.3) is 0 Å². The van der Waals surface area contributed by atoms with Gasteiger partial charge >= 0.3 is 12.1 Å². The van der Waals surface area contributed by atoms with Crippen LogP contribution in [-0.4, -0.2) is 47.2 Å². The molecule has 0 aromatic heterocycles. The number of carbonyl (C=O) groups excluding carboxylic acids is 2. The Morgan fingerprint density at radius 2 is 1.93 bits per heavy atom. The van der Waals surface area contributed by atoms with Crippen LogP contribution in [0.3, 0.4) is 0 Å². The Morgan fingerprint density at radius 3 is 2.39 bits per heavy atom. The van der Waals surface area contributed by atoms with Gasteiger partial charge in [0.15, 0.2) is 5.78 Å². The summed E-state index contributed by atoms with van der Waals surface area (Å²) in [6.07, 6.45) is 0.461. The molecule has 154 valence electrons. The highest BCUT2D eigenvalue weighted by molar-refractivity contribution is 6.05. The van der Waals surface area contributed by atoms with Crippen molar-refractivity contribution < 1.29 is 24.2 Å². The van der Waals surface area contributed by atoms with E-state index in [9.17, 15) is 19.5 Å². The molecule has 7 nitrogen and oxygen atoms in total. The van der Waals surface area contributed by atoms with Crippen LogP contribution in [0.4, 0.5) is 4.79 Å². The number of hydrogen-bond acceptors (Lipinski definition) is 5. The molecule has 0 bridgehead atoms. The van der Waals surface area contributed by atoms with Crippen LogP contribution in [0.25, 0.3) is 0 Å². The molecule has 3 N–H and O–H groups in total. The van der Waals surface area contributed by atoms with Crippen molar-refractivity contribution in [2.45, 2.75) is 71.1 Å². The monoisotopic (exact) mass is 390 g/mol. The third-order valence-electron chi connectivity index (χ3n) is 4.82. The zero-order valence-corrected chi connectivity index (χ0v) is 17.2. The molecular formula is C21H30N2O5. The normalized spacial score (nSPS) is 20.0. The van der Waals surface area contributed by atoms with E-state index in [2.05, 4.69) is 10.6 Å². The number of ether oxygens (including phenoxy) is 1. The molecule has 7 heteroatoms. The molecule has 1 heterocycles. The number of Topliss-reactive ketones (excluding diaryl/α,β-unsaturated/α-hetero) is 1. The van der Waals surface area contributed by atoms with Gasteiger partial charge in [-0.3, -0.25) is 4.79 Å². The van der Waals surface area contributed by atoms with E-state index in [0.29, 0.717) is 30.5 Å². The standard InChI is InChI=1S/C21H30N2O5/c1-6-8-16(23-20(27)28-21(3,4)5)18(24)13-9-7-10-14(19(25)26)17(13)15-11-22-12(15)2/h7,9-10,12,15-16,22H,6,8,11H2,1-5H3,(H,23,27)(H,25,26)/t12-,15+,16-/m0/s1. The molecular weight excluding hydrogens is 360 g/mol. The van der Waals surface area contributed by atoms with Crippen LogP contribution in [0.1, 0.15) is 79.7 Å². The van der Waals surface area contributed by atoms with Gasteiger partial charge in [-0.1, -0.05) is 25.5 Å². The zero-order chi connectivity index (χ0) is 21.1. The zero-order valence-electron chi connectivity index (χ0n) is 17.2. The summed E-state index contributed by atoms with van der Waals surface area (Å²) in [7, 11) is 0. The fraction of sp³-hybridized carbons (Fsp3) is 0.571. The number of benzene rings is 1. The lowest BCUT2D eigenvalue weighted by Crippen LogP contribution is -2.50. The van der Waals surface area contributed by atoms with Gasteiger partial charge in [-0.2, -0.15) is 0 Å². The van der Waals surface area contributed by atoms with Crippen LogP contribution in [-0.2, 0) is 4.74 Å². The van der Waals surface area contributed by atoms with E-state index in [1.54, 1.807) is 32.9 Å². The predicted octanol–water partition coefficient (Wildman–Crippen LogP) is 3.34. The summed E-state index contributed by atoms with van der Waals surface area (Å²) in [5.74, 6) is -1.41. The van der Waals surface area contributed by atoms with Gasteiger partial charge in [0.2, 0.25) is 0 Å². The first-order valence-electron chi connectivity index (χ1n) is 9.68. The number of rotatable bonds is 7. The quantitative estimate of drug-likeness (QED) is 0.617. The van der Waals surface area contributed by atoms with Gasteiger partial charge in [-0.15, -0.1) is 0 Å². The van der Waals surface area contributed by atoms with E-state index in [1.807, 2.05) is 13.8 Å². The smallest absolute Gasteiger partial charge is 0.408 e. The molecule has 3 atom stereocenters. The first-order valence-corrected chi connectivity index (χ1v) is 9.68. The number of carbonyl (C=O) groups is 3. The van der Waals surface area contributed by atoms with Gasteiger partial charge in [0.1, 0.15) is 5.60 Å². The number of alkyl carbamates (subject to hydrolysis) is 1. The maximum atomic E-state index is 13.3. The molecule has 0 unspecified atom stereocenters. The third kappa shape index (κ3) is 5.10. The van der Waals surface area contributed by atoms with Crippen molar-refractivity contribution in [2.75, 3.05) is 6.54 Å². The Hall–Kier alpha value is -2.41. The second-order valence-electron chi connectivity index (χ2n) is 8.23. The molecule has 1 aromatic rings. The minimum absolute atomic E-state index is 0.0601. The topological polar surface area (TPSA) is 105 Å². The number of aromatic carboxylic acids is 1. The van der Waals surface area contributed by atoms with E-state index >= 15 is 0 Å². The molecule has 0 saturated carbocycles. The summed E-state index contributed by atoms with van der Waals surface area (Å²) < 4.78 is 5.28. The Labute approximate surface area is 165 Å². The Balaban J connectivity index is 2.37. The molecule has 1 fully saturated rings. The average molecular weight is 390 g/mol. The van der Waals surface area contributed by atoms with Crippen molar-refractivity contribution in [2.24, 2.45) is 0 Å². The average Bonchev–Trinajstić information content (AvgIpc) is 2.57. The number of carboxylic acids is 1. The first-order chi connectivity index (χ1) is 13.0. The fourth-order valence-electron chi connectivity index (χ4n) is 3.38. The molecule has 0 radical (unpaired) electrons. The van der Waals surface area contributed by atoms with Crippen molar-refractivity contribution in [3.63, 3.8) is 0 Å². The van der Waals surface area contributed by atoms with Crippen LogP contribution < -0.4 is 10.6 Å². The van der Waals surface area contributed by atoms with Crippen molar-refractivity contribution in [1.29, 1.82) is 0 Å². The second-order valence-corrected chi connectivity index (χ2v) is 8.23. The summed E-state index contributed by atoms with van der Waals surface area (Å²) >= 11 is 0. The Bertz CT molecular complexity index is 754. The number of carboxylic acid groups (broad SMARTS) is 1. The maximum absolute atomic E-state index is 13.3. The van der Waals surface area contributed by atoms with Crippen molar-refractivity contribution in [3.05, 3.63) is 34.9 Å². The fourth-order valence-corrected chi connectivity index (χ4v) is 3.38. The minimum atomic E-state index is -1.06. The lowest BCUT2D eigenvalue weighted by Gasteiger charge is -2.38. The molecule has 1 aliphatic rings. The molecule has 1 amide bonds. The van der Waals surface area contributed by atoms with Gasteiger partial charge in [0, 0.05) is 24.1 Å². The number of ketones is 1. The van der Waals surface area contributed by atoms with E-state index in [4.69, 9.17) is 4.74 Å². The second kappa shape index (κ2) is 8.73. The number of nitrogens with one attached hydrogen (secondary N) is 2. The molecule has 0 aliphatic carbocycles. The molecule has 2 rings (SSSR count). The van der Waals surface area contributed by atoms with Crippen molar-refractivity contribution in [1.82, 2.24) is 10.6 Å².